The van der Waals surface area contributed by atoms with Gasteiger partial charge in [-0.1, -0.05) is 30.3 Å². The Labute approximate surface area is 153 Å². The van der Waals surface area contributed by atoms with Gasteiger partial charge in [0.1, 0.15) is 0 Å². The van der Waals surface area contributed by atoms with Crippen molar-refractivity contribution in [1.29, 1.82) is 0 Å². The van der Waals surface area contributed by atoms with Crippen LogP contribution in [-0.2, 0) is 11.2 Å². The quantitative estimate of drug-likeness (QED) is 0.421. The van der Waals surface area contributed by atoms with Crippen molar-refractivity contribution in [1.82, 2.24) is 10.2 Å². The van der Waals surface area contributed by atoms with Gasteiger partial charge in [0.15, 0.2) is 5.96 Å². The first kappa shape index (κ1) is 19.8. The van der Waals surface area contributed by atoms with Gasteiger partial charge in [0.25, 0.3) is 0 Å². The molecule has 0 spiro atoms. The topological polar surface area (TPSA) is 36.9 Å². The lowest BCUT2D eigenvalue weighted by molar-refractivity contribution is 0.144. The number of guanidine groups is 1. The van der Waals surface area contributed by atoms with Crippen LogP contribution >= 0.6 is 0 Å². The van der Waals surface area contributed by atoms with Crippen LogP contribution in [0.5, 0.6) is 0 Å². The Bertz CT molecular complexity index is 481. The summed E-state index contributed by atoms with van der Waals surface area (Å²) in [7, 11) is 0. The lowest BCUT2D eigenvalue weighted by Crippen LogP contribution is -2.46. The van der Waals surface area contributed by atoms with E-state index in [0.717, 1.165) is 64.1 Å². The highest BCUT2D eigenvalue weighted by molar-refractivity contribution is 5.80. The van der Waals surface area contributed by atoms with E-state index in [1.165, 1.54) is 24.8 Å². The summed E-state index contributed by atoms with van der Waals surface area (Å²) in [6.07, 6.45) is 5.91. The Morgan fingerprint density at radius 1 is 1.16 bits per heavy atom. The molecule has 25 heavy (non-hydrogen) atoms. The molecule has 0 atom stereocenters. The van der Waals surface area contributed by atoms with Crippen LogP contribution < -0.4 is 5.32 Å². The third-order valence-corrected chi connectivity index (χ3v) is 4.78. The maximum Gasteiger partial charge on any atom is 0.193 e. The highest BCUT2D eigenvalue weighted by atomic mass is 16.5. The molecular weight excluding hydrogens is 310 g/mol. The highest BCUT2D eigenvalue weighted by Crippen LogP contribution is 2.21. The average molecular weight is 346 g/mol. The minimum Gasteiger partial charge on any atom is -0.382 e. The maximum absolute atomic E-state index is 5.39. The van der Waals surface area contributed by atoms with Gasteiger partial charge in [-0.15, -0.1) is 0 Å². The van der Waals surface area contributed by atoms with Crippen molar-refractivity contribution in [3.63, 3.8) is 0 Å². The van der Waals surface area contributed by atoms with E-state index in [2.05, 4.69) is 47.5 Å². The van der Waals surface area contributed by atoms with Gasteiger partial charge in [-0.25, -0.2) is 0 Å². The van der Waals surface area contributed by atoms with E-state index in [-0.39, 0.29) is 0 Å². The molecule has 2 rings (SSSR count). The maximum atomic E-state index is 5.39. The van der Waals surface area contributed by atoms with E-state index >= 15 is 0 Å². The number of unbranched alkanes of at least 4 members (excludes halogenated alkanes) is 1. The van der Waals surface area contributed by atoms with Crippen LogP contribution in [0.4, 0.5) is 0 Å². The summed E-state index contributed by atoms with van der Waals surface area (Å²) >= 11 is 0. The number of ether oxygens (including phenoxy) is 1. The van der Waals surface area contributed by atoms with Crippen LogP contribution in [0, 0.1) is 5.92 Å². The summed E-state index contributed by atoms with van der Waals surface area (Å²) in [5, 5.41) is 3.46. The number of nitrogens with zero attached hydrogens (tertiary/aromatic N) is 2. The number of benzene rings is 1. The zero-order chi connectivity index (χ0) is 17.7. The number of piperidine rings is 1. The van der Waals surface area contributed by atoms with Crippen LogP contribution in [-0.4, -0.2) is 50.3 Å². The Morgan fingerprint density at radius 2 is 1.92 bits per heavy atom. The summed E-state index contributed by atoms with van der Waals surface area (Å²) in [6.45, 7) is 9.90. The minimum absolute atomic E-state index is 0.799. The number of hydrogen-bond donors (Lipinski definition) is 1. The minimum atomic E-state index is 0.799. The highest BCUT2D eigenvalue weighted by Gasteiger charge is 2.21. The van der Waals surface area contributed by atoms with Crippen molar-refractivity contribution in [2.24, 2.45) is 10.9 Å². The molecule has 1 fully saturated rings. The molecule has 0 aromatic heterocycles. The smallest absolute Gasteiger partial charge is 0.193 e. The Kier molecular flexibility index (Phi) is 9.42. The van der Waals surface area contributed by atoms with Crippen molar-refractivity contribution in [3.8, 4) is 0 Å². The van der Waals surface area contributed by atoms with E-state index < -0.39 is 0 Å². The SMILES string of the molecule is CCNC(=NCCCCOCC)N1CCC(Cc2ccccc2)CC1. The van der Waals surface area contributed by atoms with Gasteiger partial charge >= 0.3 is 0 Å². The van der Waals surface area contributed by atoms with E-state index in [1.54, 1.807) is 0 Å². The van der Waals surface area contributed by atoms with Gasteiger partial charge in [0.2, 0.25) is 0 Å². The largest absolute Gasteiger partial charge is 0.382 e. The first-order valence-corrected chi connectivity index (χ1v) is 9.98. The van der Waals surface area contributed by atoms with Gasteiger partial charge < -0.3 is 15.0 Å². The van der Waals surface area contributed by atoms with Crippen LogP contribution in [0.15, 0.2) is 35.3 Å². The zero-order valence-corrected chi connectivity index (χ0v) is 16.0. The number of rotatable bonds is 9. The lowest BCUT2D eigenvalue weighted by atomic mass is 9.90. The molecule has 0 radical (unpaired) electrons. The van der Waals surface area contributed by atoms with Crippen molar-refractivity contribution >= 4 is 5.96 Å². The first-order valence-electron chi connectivity index (χ1n) is 9.98. The third kappa shape index (κ3) is 7.47. The Balaban J connectivity index is 1.75. The van der Waals surface area contributed by atoms with Gasteiger partial charge in [-0.05, 0) is 57.4 Å². The molecule has 140 valence electrons. The fourth-order valence-electron chi connectivity index (χ4n) is 3.37. The second kappa shape index (κ2) is 11.9. The molecule has 0 amide bonds. The summed E-state index contributed by atoms with van der Waals surface area (Å²) in [5.74, 6) is 1.89. The van der Waals surface area contributed by atoms with Gasteiger partial charge in [-0.2, -0.15) is 0 Å². The molecule has 0 bridgehead atoms. The van der Waals surface area contributed by atoms with Gasteiger partial charge in [-0.3, -0.25) is 4.99 Å². The van der Waals surface area contributed by atoms with E-state index in [0.29, 0.717) is 0 Å². The summed E-state index contributed by atoms with van der Waals surface area (Å²) in [4.78, 5) is 7.26. The second-order valence-electron chi connectivity index (χ2n) is 6.76. The van der Waals surface area contributed by atoms with Gasteiger partial charge in [0, 0.05) is 39.4 Å². The molecule has 1 saturated heterocycles. The summed E-state index contributed by atoms with van der Waals surface area (Å²) in [6, 6.07) is 10.9. The molecule has 0 saturated carbocycles. The molecule has 4 nitrogen and oxygen atoms in total. The predicted octanol–water partition coefficient (Wildman–Crippen LogP) is 3.72. The lowest BCUT2D eigenvalue weighted by Gasteiger charge is -2.34. The van der Waals surface area contributed by atoms with Crippen molar-refractivity contribution in [2.75, 3.05) is 39.4 Å². The monoisotopic (exact) mass is 345 g/mol. The van der Waals surface area contributed by atoms with E-state index in [1.807, 2.05) is 6.92 Å². The van der Waals surface area contributed by atoms with Crippen LogP contribution in [0.1, 0.15) is 45.1 Å². The zero-order valence-electron chi connectivity index (χ0n) is 16.0. The standard InChI is InChI=1S/C21H35N3O/c1-3-22-21(23-14-8-9-17-25-4-2)24-15-12-20(13-16-24)18-19-10-6-5-7-11-19/h5-7,10-11,20H,3-4,8-9,12-18H2,1-2H3,(H,22,23). The van der Waals surface area contributed by atoms with Crippen LogP contribution in [0.3, 0.4) is 0 Å². The molecule has 1 aliphatic heterocycles. The molecule has 1 N–H and O–H groups in total. The fraction of sp³-hybridized carbons (Fsp3) is 0.667. The van der Waals surface area contributed by atoms with Crippen molar-refractivity contribution in [2.45, 2.75) is 46.0 Å². The Hall–Kier alpha value is -1.55. The first-order chi connectivity index (χ1) is 12.3. The third-order valence-electron chi connectivity index (χ3n) is 4.78. The molecule has 1 aliphatic rings. The average Bonchev–Trinajstić information content (AvgIpc) is 2.65. The summed E-state index contributed by atoms with van der Waals surface area (Å²) < 4.78 is 5.39. The van der Waals surface area contributed by atoms with Gasteiger partial charge in [0.05, 0.1) is 0 Å². The molecule has 4 heteroatoms. The summed E-state index contributed by atoms with van der Waals surface area (Å²) in [5.41, 5.74) is 1.47. The number of nitrogens with one attached hydrogen (secondary N) is 1. The fourth-order valence-corrected chi connectivity index (χ4v) is 3.37. The number of hydrogen-bond acceptors (Lipinski definition) is 2. The normalized spacial score (nSPS) is 16.2. The molecule has 1 heterocycles. The predicted molar refractivity (Wildman–Crippen MR) is 106 cm³/mol. The second-order valence-corrected chi connectivity index (χ2v) is 6.76. The van der Waals surface area contributed by atoms with Crippen molar-refractivity contribution < 1.29 is 4.74 Å². The molecular formula is C21H35N3O. The molecule has 1 aromatic rings. The molecule has 1 aromatic carbocycles. The van der Waals surface area contributed by atoms with Crippen LogP contribution in [0.2, 0.25) is 0 Å². The molecule has 0 unspecified atom stereocenters. The number of likely N-dealkylation sites (tertiary alicyclic amines) is 1. The number of aliphatic imine (C=N–C) groups is 1. The van der Waals surface area contributed by atoms with E-state index in [9.17, 15) is 0 Å². The van der Waals surface area contributed by atoms with Crippen LogP contribution in [0.25, 0.3) is 0 Å². The molecule has 0 aliphatic carbocycles. The Morgan fingerprint density at radius 3 is 2.60 bits per heavy atom. The van der Waals surface area contributed by atoms with Crippen molar-refractivity contribution in [3.05, 3.63) is 35.9 Å². The van der Waals surface area contributed by atoms with E-state index in [4.69, 9.17) is 9.73 Å².